The summed E-state index contributed by atoms with van der Waals surface area (Å²) >= 11 is 0. The first kappa shape index (κ1) is 9.73. The van der Waals surface area contributed by atoms with Crippen molar-refractivity contribution in [1.82, 2.24) is 10.2 Å². The molecule has 5 heteroatoms. The van der Waals surface area contributed by atoms with Crippen molar-refractivity contribution >= 4 is 5.97 Å². The molecule has 1 aromatic heterocycles. The summed E-state index contributed by atoms with van der Waals surface area (Å²) < 4.78 is 4.49. The van der Waals surface area contributed by atoms with E-state index < -0.39 is 0 Å². The van der Waals surface area contributed by atoms with Crippen LogP contribution in [-0.4, -0.2) is 28.4 Å². The molecule has 0 unspecified atom stereocenters. The molecular weight excluding hydrogens is 172 g/mol. The van der Waals surface area contributed by atoms with E-state index >= 15 is 0 Å². The number of nitrogens with one attached hydrogen (secondary N) is 1. The van der Waals surface area contributed by atoms with Crippen molar-refractivity contribution in [3.63, 3.8) is 0 Å². The first-order chi connectivity index (χ1) is 6.27. The van der Waals surface area contributed by atoms with Gasteiger partial charge in [-0.15, -0.1) is 0 Å². The lowest BCUT2D eigenvalue weighted by Crippen LogP contribution is -2.02. The Morgan fingerprint density at radius 1 is 1.77 bits per heavy atom. The van der Waals surface area contributed by atoms with Crippen LogP contribution < -0.4 is 0 Å². The molecule has 2 N–H and O–H groups in total. The summed E-state index contributed by atoms with van der Waals surface area (Å²) in [5, 5.41) is 15.2. The molecule has 0 aliphatic rings. The molecule has 0 aliphatic carbocycles. The van der Waals surface area contributed by atoms with Crippen molar-refractivity contribution < 1.29 is 14.6 Å². The van der Waals surface area contributed by atoms with Crippen LogP contribution in [-0.2, 0) is 22.6 Å². The molecule has 5 nitrogen and oxygen atoms in total. The van der Waals surface area contributed by atoms with Gasteiger partial charge in [0.05, 0.1) is 25.6 Å². The predicted molar refractivity (Wildman–Crippen MR) is 44.8 cm³/mol. The molecule has 0 fully saturated rings. The number of esters is 1. The van der Waals surface area contributed by atoms with Crippen LogP contribution >= 0.6 is 0 Å². The average molecular weight is 184 g/mol. The minimum Gasteiger partial charge on any atom is -0.469 e. The molecule has 1 rings (SSSR count). The van der Waals surface area contributed by atoms with E-state index in [4.69, 9.17) is 5.11 Å². The number of nitrogens with zero attached hydrogens (tertiary/aromatic N) is 1. The number of aromatic amines is 1. The predicted octanol–water partition coefficient (Wildman–Crippen LogP) is 0.00760. The van der Waals surface area contributed by atoms with Gasteiger partial charge in [-0.25, -0.2) is 0 Å². The molecule has 0 amide bonds. The molecule has 1 heterocycles. The molecule has 0 saturated heterocycles. The second-order valence-corrected chi connectivity index (χ2v) is 2.61. The molecule has 0 bridgehead atoms. The first-order valence-electron chi connectivity index (χ1n) is 3.96. The van der Waals surface area contributed by atoms with Gasteiger partial charge in [0.15, 0.2) is 0 Å². The van der Waals surface area contributed by atoms with Crippen LogP contribution in [0.4, 0.5) is 0 Å². The zero-order chi connectivity index (χ0) is 9.68. The number of ether oxygens (including phenoxy) is 1. The number of aryl methyl sites for hydroxylation is 1. The summed E-state index contributed by atoms with van der Waals surface area (Å²) in [4.78, 5) is 10.8. The minimum atomic E-state index is -0.259. The van der Waals surface area contributed by atoms with Crippen LogP contribution in [0.2, 0.25) is 0 Å². The minimum absolute atomic E-state index is 0.0868. The zero-order valence-corrected chi connectivity index (χ0v) is 7.41. The van der Waals surface area contributed by atoms with Gasteiger partial charge in [-0.05, 0) is 12.0 Å². The van der Waals surface area contributed by atoms with E-state index in [1.54, 1.807) is 6.20 Å². The Morgan fingerprint density at radius 2 is 2.54 bits per heavy atom. The number of aromatic nitrogens is 2. The highest BCUT2D eigenvalue weighted by molar-refractivity contribution is 5.69. The molecule has 0 atom stereocenters. The summed E-state index contributed by atoms with van der Waals surface area (Å²) in [7, 11) is 1.35. The van der Waals surface area contributed by atoms with Gasteiger partial charge in [0, 0.05) is 6.42 Å². The number of carbonyl (C=O) groups is 1. The smallest absolute Gasteiger partial charge is 0.305 e. The quantitative estimate of drug-likeness (QED) is 0.646. The van der Waals surface area contributed by atoms with Crippen LogP contribution in [0.5, 0.6) is 0 Å². The highest BCUT2D eigenvalue weighted by Crippen LogP contribution is 2.07. The summed E-state index contributed by atoms with van der Waals surface area (Å²) in [5.74, 6) is -0.259. The highest BCUT2D eigenvalue weighted by atomic mass is 16.5. The fourth-order valence-corrected chi connectivity index (χ4v) is 1.03. The first-order valence-corrected chi connectivity index (χ1v) is 3.96. The maximum absolute atomic E-state index is 10.8. The van der Waals surface area contributed by atoms with Crippen LogP contribution in [0.3, 0.4) is 0 Å². The normalized spacial score (nSPS) is 10.0. The maximum Gasteiger partial charge on any atom is 0.305 e. The standard InChI is InChI=1S/C8H12N2O3/c1-13-8(12)3-2-6-4-9-10-7(6)5-11/h4,11H,2-3,5H2,1H3,(H,9,10). The van der Waals surface area contributed by atoms with Gasteiger partial charge in [0.2, 0.25) is 0 Å². The summed E-state index contributed by atoms with van der Waals surface area (Å²) in [6, 6.07) is 0. The summed E-state index contributed by atoms with van der Waals surface area (Å²) in [6.45, 7) is -0.0868. The number of carbonyl (C=O) groups excluding carboxylic acids is 1. The van der Waals surface area contributed by atoms with E-state index in [2.05, 4.69) is 14.9 Å². The summed E-state index contributed by atoms with van der Waals surface area (Å²) in [6.07, 6.45) is 2.45. The van der Waals surface area contributed by atoms with Gasteiger partial charge in [0.1, 0.15) is 0 Å². The number of H-pyrrole nitrogens is 1. The molecule has 0 aliphatic heterocycles. The van der Waals surface area contributed by atoms with Gasteiger partial charge in [-0.2, -0.15) is 5.10 Å². The molecule has 1 aromatic rings. The fraction of sp³-hybridized carbons (Fsp3) is 0.500. The Hall–Kier alpha value is -1.36. The number of methoxy groups -OCH3 is 1. The van der Waals surface area contributed by atoms with Gasteiger partial charge >= 0.3 is 5.97 Å². The van der Waals surface area contributed by atoms with E-state index in [0.717, 1.165) is 5.56 Å². The molecule has 72 valence electrons. The summed E-state index contributed by atoms with van der Waals surface area (Å²) in [5.41, 5.74) is 1.51. The van der Waals surface area contributed by atoms with E-state index in [1.807, 2.05) is 0 Å². The van der Waals surface area contributed by atoms with Crippen molar-refractivity contribution in [1.29, 1.82) is 0 Å². The molecule has 0 spiro atoms. The number of rotatable bonds is 4. The lowest BCUT2D eigenvalue weighted by atomic mass is 10.1. The highest BCUT2D eigenvalue weighted by Gasteiger charge is 2.06. The monoisotopic (exact) mass is 184 g/mol. The SMILES string of the molecule is COC(=O)CCc1cn[nH]c1CO. The molecular formula is C8H12N2O3. The fourth-order valence-electron chi connectivity index (χ4n) is 1.03. The van der Waals surface area contributed by atoms with Crippen molar-refractivity contribution in [2.24, 2.45) is 0 Å². The van der Waals surface area contributed by atoms with Gasteiger partial charge in [-0.3, -0.25) is 9.89 Å². The third kappa shape index (κ3) is 2.55. The third-order valence-corrected chi connectivity index (χ3v) is 1.79. The van der Waals surface area contributed by atoms with E-state index in [0.29, 0.717) is 18.5 Å². The van der Waals surface area contributed by atoms with E-state index in [1.165, 1.54) is 7.11 Å². The third-order valence-electron chi connectivity index (χ3n) is 1.79. The Labute approximate surface area is 75.7 Å². The number of aliphatic hydroxyl groups excluding tert-OH is 1. The molecule has 0 radical (unpaired) electrons. The molecule has 0 saturated carbocycles. The lowest BCUT2D eigenvalue weighted by molar-refractivity contribution is -0.140. The van der Waals surface area contributed by atoms with E-state index in [-0.39, 0.29) is 12.6 Å². The van der Waals surface area contributed by atoms with Gasteiger partial charge < -0.3 is 9.84 Å². The Kier molecular flexibility index (Phi) is 3.45. The van der Waals surface area contributed by atoms with Crippen molar-refractivity contribution in [2.75, 3.05) is 7.11 Å². The largest absolute Gasteiger partial charge is 0.469 e. The van der Waals surface area contributed by atoms with Crippen molar-refractivity contribution in [2.45, 2.75) is 19.4 Å². The number of hydrogen-bond donors (Lipinski definition) is 2. The average Bonchev–Trinajstić information content (AvgIpc) is 2.61. The van der Waals surface area contributed by atoms with E-state index in [9.17, 15) is 4.79 Å². The van der Waals surface area contributed by atoms with Crippen LogP contribution in [0.1, 0.15) is 17.7 Å². The number of hydrogen-bond acceptors (Lipinski definition) is 4. The maximum atomic E-state index is 10.8. The van der Waals surface area contributed by atoms with Gasteiger partial charge in [0.25, 0.3) is 0 Å². The topological polar surface area (TPSA) is 75.2 Å². The Bertz CT molecular complexity index is 283. The van der Waals surface area contributed by atoms with Crippen molar-refractivity contribution in [3.8, 4) is 0 Å². The van der Waals surface area contributed by atoms with Crippen LogP contribution in [0, 0.1) is 0 Å². The van der Waals surface area contributed by atoms with Gasteiger partial charge in [-0.1, -0.05) is 0 Å². The van der Waals surface area contributed by atoms with Crippen LogP contribution in [0.25, 0.3) is 0 Å². The number of aliphatic hydroxyl groups is 1. The lowest BCUT2D eigenvalue weighted by Gasteiger charge is -1.98. The molecule has 13 heavy (non-hydrogen) atoms. The Morgan fingerprint density at radius 3 is 3.15 bits per heavy atom. The van der Waals surface area contributed by atoms with Crippen LogP contribution in [0.15, 0.2) is 6.20 Å². The second kappa shape index (κ2) is 4.61. The second-order valence-electron chi connectivity index (χ2n) is 2.61. The van der Waals surface area contributed by atoms with Crippen molar-refractivity contribution in [3.05, 3.63) is 17.5 Å². The molecule has 0 aromatic carbocycles. The Balaban J connectivity index is 2.49. The zero-order valence-electron chi connectivity index (χ0n) is 7.41.